The van der Waals surface area contributed by atoms with Crippen molar-refractivity contribution in [2.24, 2.45) is 0 Å². The maximum atomic E-state index is 3.91. The van der Waals surface area contributed by atoms with Gasteiger partial charge >= 0.3 is 0 Å². The van der Waals surface area contributed by atoms with Gasteiger partial charge in [-0.2, -0.15) is 0 Å². The largest absolute Gasteiger partial charge is 0.0758 e. The molecule has 0 fully saturated rings. The molecule has 0 unspecified atom stereocenters. The highest BCUT2D eigenvalue weighted by Gasteiger charge is 2.38. The summed E-state index contributed by atoms with van der Waals surface area (Å²) in [6.07, 6.45) is 0. The summed E-state index contributed by atoms with van der Waals surface area (Å²) in [5.74, 6) is 0. The summed E-state index contributed by atoms with van der Waals surface area (Å²) in [6, 6.07) is 0. The first kappa shape index (κ1) is 12.7. The predicted octanol–water partition coefficient (Wildman–Crippen LogP) is 2.95. The van der Waals surface area contributed by atoms with Crippen molar-refractivity contribution in [1.29, 1.82) is 0 Å². The molecule has 0 heterocycles. The van der Waals surface area contributed by atoms with Crippen molar-refractivity contribution in [1.82, 2.24) is 0 Å². The van der Waals surface area contributed by atoms with E-state index in [1.165, 1.54) is 0 Å². The number of rotatable bonds is 1. The molecule has 0 atom stereocenters. The first-order valence-electron chi connectivity index (χ1n) is 4.50. The number of hydrogen-bond donors (Lipinski definition) is 0. The maximum absolute atomic E-state index is 3.91. The number of hydrogen-bond acceptors (Lipinski definition) is 0. The summed E-state index contributed by atoms with van der Waals surface area (Å²) in [5, 5.41) is 1.04. The van der Waals surface area contributed by atoms with E-state index in [0.717, 1.165) is 0 Å². The Labute approximate surface area is 84.4 Å². The molecule has 0 aromatic rings. The first-order valence-corrected chi connectivity index (χ1v) is 10.5. The van der Waals surface area contributed by atoms with E-state index in [1.807, 2.05) is 0 Å². The fourth-order valence-electron chi connectivity index (χ4n) is 2.25. The zero-order valence-corrected chi connectivity index (χ0v) is 12.5. The highest BCUT2D eigenvalue weighted by atomic mass is 29.6. The fourth-order valence-corrected chi connectivity index (χ4v) is 20.2. The van der Waals surface area contributed by atoms with Gasteiger partial charge in [-0.05, 0) is 10.1 Å². The van der Waals surface area contributed by atoms with Gasteiger partial charge in [-0.25, -0.2) is 0 Å². The van der Waals surface area contributed by atoms with Crippen LogP contribution in [0.1, 0.15) is 41.5 Å². The maximum Gasteiger partial charge on any atom is 0.0458 e. The van der Waals surface area contributed by atoms with E-state index in [1.54, 1.807) is 0 Å². The molecule has 0 saturated carbocycles. The molecule has 0 saturated heterocycles. The van der Waals surface area contributed by atoms with Crippen molar-refractivity contribution in [3.05, 3.63) is 0 Å². The Bertz CT molecular complexity index is 125. The average Bonchev–Trinajstić information content (AvgIpc) is 1.49. The van der Waals surface area contributed by atoms with Gasteiger partial charge in [-0.1, -0.05) is 48.1 Å². The first-order chi connectivity index (χ1) is 5.07. The summed E-state index contributed by atoms with van der Waals surface area (Å²) in [5.41, 5.74) is 0. The monoisotopic (exact) mass is 213 g/mol. The highest BCUT2D eigenvalue weighted by Crippen LogP contribution is 2.42. The van der Waals surface area contributed by atoms with E-state index in [2.05, 4.69) is 57.8 Å². The third kappa shape index (κ3) is 3.58. The molecule has 0 amide bonds. The van der Waals surface area contributed by atoms with Crippen LogP contribution in [0.15, 0.2) is 0 Å². The van der Waals surface area contributed by atoms with E-state index >= 15 is 0 Å². The van der Waals surface area contributed by atoms with E-state index < -0.39 is 0 Å². The molecule has 0 bridgehead atoms. The standard InChI is InChI=1S/C9H21Si3/c1-8(2,3)12(11(7)10)9(4,5)6/h1-7H3. The minimum atomic E-state index is -0.280. The van der Waals surface area contributed by atoms with Gasteiger partial charge in [0.15, 0.2) is 0 Å². The van der Waals surface area contributed by atoms with Crippen LogP contribution in [0, 0.1) is 0 Å². The van der Waals surface area contributed by atoms with Crippen molar-refractivity contribution < 1.29 is 0 Å². The zero-order chi connectivity index (χ0) is 10.2. The third-order valence-corrected chi connectivity index (χ3v) is 14.6. The van der Waals surface area contributed by atoms with Crippen LogP contribution in [0.5, 0.6) is 0 Å². The van der Waals surface area contributed by atoms with Crippen LogP contribution in [0.4, 0.5) is 0 Å². The lowest BCUT2D eigenvalue weighted by atomic mass is 10.2. The molecule has 0 rings (SSSR count). The molecule has 0 nitrogen and oxygen atoms in total. The fraction of sp³-hybridized carbons (Fsp3) is 1.00. The molecule has 0 aliphatic carbocycles. The molecule has 0 aliphatic heterocycles. The van der Waals surface area contributed by atoms with Crippen LogP contribution in [0.3, 0.4) is 0 Å². The van der Waals surface area contributed by atoms with Gasteiger partial charge in [-0.3, -0.25) is 0 Å². The second-order valence-electron chi connectivity index (χ2n) is 5.50. The van der Waals surface area contributed by atoms with Gasteiger partial charge in [0.25, 0.3) is 0 Å². The quantitative estimate of drug-likeness (QED) is 0.588. The van der Waals surface area contributed by atoms with Crippen molar-refractivity contribution in [2.45, 2.75) is 58.2 Å². The van der Waals surface area contributed by atoms with E-state index in [-0.39, 0.29) is 16.1 Å². The summed E-state index contributed by atoms with van der Waals surface area (Å²) < 4.78 is 0. The Hall–Kier alpha value is 0.651. The lowest BCUT2D eigenvalue weighted by Crippen LogP contribution is -2.47. The second kappa shape index (κ2) is 3.80. The van der Waals surface area contributed by atoms with Gasteiger partial charge in [0.2, 0.25) is 0 Å². The molecule has 3 heteroatoms. The normalized spacial score (nSPS) is 14.5. The molecule has 0 spiro atoms. The molecule has 0 N–H and O–H groups in total. The van der Waals surface area contributed by atoms with Gasteiger partial charge < -0.3 is 0 Å². The third-order valence-electron chi connectivity index (χ3n) is 1.88. The predicted molar refractivity (Wildman–Crippen MR) is 62.6 cm³/mol. The van der Waals surface area contributed by atoms with E-state index in [4.69, 9.17) is 0 Å². The SMILES string of the molecule is C[Si]([Si])[Si](C(C)(C)C)C(C)(C)C. The Morgan fingerprint density at radius 3 is 1.08 bits per heavy atom. The summed E-state index contributed by atoms with van der Waals surface area (Å²) in [4.78, 5) is 0. The van der Waals surface area contributed by atoms with Crippen LogP contribution in [-0.2, 0) is 0 Å². The van der Waals surface area contributed by atoms with E-state index in [0.29, 0.717) is 10.1 Å². The van der Waals surface area contributed by atoms with Crippen molar-refractivity contribution >= 4 is 25.9 Å². The van der Waals surface area contributed by atoms with Crippen LogP contribution in [-0.4, -0.2) is 25.9 Å². The molecule has 12 heavy (non-hydrogen) atoms. The lowest BCUT2D eigenvalue weighted by molar-refractivity contribution is 0.659. The summed E-state index contributed by atoms with van der Waals surface area (Å²) in [7, 11) is 3.35. The van der Waals surface area contributed by atoms with Crippen molar-refractivity contribution in [3.8, 4) is 0 Å². The summed E-state index contributed by atoms with van der Waals surface area (Å²) >= 11 is 0. The molecule has 5 radical (unpaired) electrons. The van der Waals surface area contributed by atoms with Gasteiger partial charge in [-0.15, -0.1) is 0 Å². The van der Waals surface area contributed by atoms with E-state index in [9.17, 15) is 0 Å². The highest BCUT2D eigenvalue weighted by molar-refractivity contribution is 7.42. The topological polar surface area (TPSA) is 0 Å². The average molecular weight is 214 g/mol. The molecular weight excluding hydrogens is 192 g/mol. The molecule has 0 aromatic heterocycles. The zero-order valence-electron chi connectivity index (χ0n) is 9.50. The summed E-state index contributed by atoms with van der Waals surface area (Å²) in [6.45, 7) is 16.7. The van der Waals surface area contributed by atoms with Crippen LogP contribution >= 0.6 is 0 Å². The Morgan fingerprint density at radius 1 is 0.833 bits per heavy atom. The Morgan fingerprint density at radius 2 is 1.08 bits per heavy atom. The minimum Gasteiger partial charge on any atom is -0.0758 e. The molecule has 0 aliphatic rings. The Kier molecular flexibility index (Phi) is 4.01. The molecular formula is C9H21Si3. The smallest absolute Gasteiger partial charge is 0.0458 e. The van der Waals surface area contributed by atoms with Gasteiger partial charge in [0, 0.05) is 25.9 Å². The van der Waals surface area contributed by atoms with Crippen molar-refractivity contribution in [3.63, 3.8) is 0 Å². The molecule has 69 valence electrons. The van der Waals surface area contributed by atoms with Gasteiger partial charge in [0.05, 0.1) is 0 Å². The molecule has 0 aromatic carbocycles. The Balaban J connectivity index is 4.70. The van der Waals surface area contributed by atoms with Crippen LogP contribution < -0.4 is 0 Å². The van der Waals surface area contributed by atoms with Gasteiger partial charge in [0.1, 0.15) is 0 Å². The van der Waals surface area contributed by atoms with Crippen LogP contribution in [0.25, 0.3) is 0 Å². The lowest BCUT2D eigenvalue weighted by Gasteiger charge is -2.41. The van der Waals surface area contributed by atoms with Crippen LogP contribution in [0.2, 0.25) is 16.6 Å². The van der Waals surface area contributed by atoms with Crippen molar-refractivity contribution in [2.75, 3.05) is 0 Å². The minimum absolute atomic E-state index is 0.277. The second-order valence-corrected chi connectivity index (χ2v) is 18.0.